The zero-order valence-electron chi connectivity index (χ0n) is 8.28. The Balaban J connectivity index is 2.77. The molecule has 80 valence electrons. The summed E-state index contributed by atoms with van der Waals surface area (Å²) in [6.07, 6.45) is 1.000. The molecule has 5 nitrogen and oxygen atoms in total. The number of hydrogen-bond acceptors (Lipinski definition) is 4. The lowest BCUT2D eigenvalue weighted by atomic mass is 9.75. The number of nitrogens with two attached hydrogens (primary N) is 1. The Hall–Kier alpha value is -1.10. The van der Waals surface area contributed by atoms with Crippen LogP contribution < -0.4 is 15.5 Å². The van der Waals surface area contributed by atoms with Crippen molar-refractivity contribution < 1.29 is 25.1 Å². The average molecular weight is 200 g/mol. The molecule has 0 aromatic carbocycles. The minimum atomic E-state index is -1.21. The third kappa shape index (κ3) is 2.04. The van der Waals surface area contributed by atoms with E-state index in [1.807, 2.05) is 0 Å². The van der Waals surface area contributed by atoms with Gasteiger partial charge in [0.2, 0.25) is 0 Å². The van der Waals surface area contributed by atoms with Crippen molar-refractivity contribution in [3.05, 3.63) is 0 Å². The van der Waals surface area contributed by atoms with Crippen molar-refractivity contribution in [2.24, 2.45) is 5.41 Å². The summed E-state index contributed by atoms with van der Waals surface area (Å²) in [5, 5.41) is 22.7. The van der Waals surface area contributed by atoms with Crippen LogP contribution in [-0.4, -0.2) is 24.0 Å². The van der Waals surface area contributed by atoms with E-state index in [2.05, 4.69) is 0 Å². The fraction of sp³-hybridized carbons (Fsp3) is 0.778. The van der Waals surface area contributed by atoms with Gasteiger partial charge in [-0.3, -0.25) is 0 Å². The van der Waals surface area contributed by atoms with Crippen LogP contribution >= 0.6 is 0 Å². The first-order chi connectivity index (χ1) is 6.34. The molecule has 1 aliphatic rings. The van der Waals surface area contributed by atoms with Gasteiger partial charge in [0, 0.05) is 11.8 Å². The quantitative estimate of drug-likeness (QED) is 0.502. The minimum absolute atomic E-state index is 0.426. The highest BCUT2D eigenvalue weighted by Crippen LogP contribution is 2.28. The topological polar surface area (TPSA) is 96.9 Å². The summed E-state index contributed by atoms with van der Waals surface area (Å²) in [7, 11) is 0. The summed E-state index contributed by atoms with van der Waals surface area (Å²) >= 11 is 0. The van der Waals surface area contributed by atoms with Gasteiger partial charge in [0.15, 0.2) is 0 Å². The maximum absolute atomic E-state index is 10.8. The molecule has 1 aliphatic heterocycles. The SMILES string of the molecule is CC1(C)CC[C@@H](C(=O)[O-])[NH2+]C1C(=O)[O-]. The number of carbonyl (C=O) groups is 2. The molecule has 14 heavy (non-hydrogen) atoms. The van der Waals surface area contributed by atoms with Crippen molar-refractivity contribution in [3.8, 4) is 0 Å². The Labute approximate surface area is 82.1 Å². The summed E-state index contributed by atoms with van der Waals surface area (Å²) < 4.78 is 0. The molecule has 0 saturated carbocycles. The summed E-state index contributed by atoms with van der Waals surface area (Å²) in [6, 6.07) is -1.56. The van der Waals surface area contributed by atoms with E-state index in [0.717, 1.165) is 0 Å². The van der Waals surface area contributed by atoms with Crippen LogP contribution in [0.1, 0.15) is 26.7 Å². The monoisotopic (exact) mass is 200 g/mol. The zero-order chi connectivity index (χ0) is 10.9. The summed E-state index contributed by atoms with van der Waals surface area (Å²) in [5.74, 6) is -2.41. The maximum atomic E-state index is 10.8. The van der Waals surface area contributed by atoms with E-state index in [1.54, 1.807) is 13.8 Å². The Bertz CT molecular complexity index is 262. The van der Waals surface area contributed by atoms with Crippen LogP contribution in [0.25, 0.3) is 0 Å². The number of carbonyl (C=O) groups excluding carboxylic acids is 2. The van der Waals surface area contributed by atoms with Crippen molar-refractivity contribution in [2.75, 3.05) is 0 Å². The molecule has 1 fully saturated rings. The Morgan fingerprint density at radius 3 is 2.29 bits per heavy atom. The van der Waals surface area contributed by atoms with Gasteiger partial charge in [0.05, 0.1) is 11.9 Å². The third-order valence-corrected chi connectivity index (χ3v) is 2.92. The highest BCUT2D eigenvalue weighted by Gasteiger charge is 2.40. The molecule has 2 atom stereocenters. The molecule has 0 aliphatic carbocycles. The lowest BCUT2D eigenvalue weighted by molar-refractivity contribution is -0.730. The van der Waals surface area contributed by atoms with Crippen LogP contribution in [0.5, 0.6) is 0 Å². The van der Waals surface area contributed by atoms with Gasteiger partial charge in [0.1, 0.15) is 12.1 Å². The number of rotatable bonds is 2. The second-order valence-corrected chi connectivity index (χ2v) is 4.44. The Morgan fingerprint density at radius 2 is 1.86 bits per heavy atom. The molecule has 1 rings (SSSR count). The fourth-order valence-corrected chi connectivity index (χ4v) is 1.87. The van der Waals surface area contributed by atoms with Gasteiger partial charge < -0.3 is 25.1 Å². The van der Waals surface area contributed by atoms with Gasteiger partial charge in [-0.15, -0.1) is 0 Å². The van der Waals surface area contributed by atoms with Crippen molar-refractivity contribution in [3.63, 3.8) is 0 Å². The van der Waals surface area contributed by atoms with Crippen molar-refractivity contribution in [1.29, 1.82) is 0 Å². The van der Waals surface area contributed by atoms with Gasteiger partial charge in [-0.1, -0.05) is 13.8 Å². The van der Waals surface area contributed by atoms with Crippen molar-refractivity contribution >= 4 is 11.9 Å². The molecule has 2 N–H and O–H groups in total. The first kappa shape index (κ1) is 11.0. The second-order valence-electron chi connectivity index (χ2n) is 4.44. The third-order valence-electron chi connectivity index (χ3n) is 2.92. The van der Waals surface area contributed by atoms with Crippen molar-refractivity contribution in [2.45, 2.75) is 38.8 Å². The fourth-order valence-electron chi connectivity index (χ4n) is 1.87. The highest BCUT2D eigenvalue weighted by molar-refractivity contribution is 5.73. The minimum Gasteiger partial charge on any atom is -0.544 e. The molecule has 0 aromatic heterocycles. The van der Waals surface area contributed by atoms with E-state index in [1.165, 1.54) is 5.32 Å². The van der Waals surface area contributed by atoms with E-state index in [9.17, 15) is 19.8 Å². The Morgan fingerprint density at radius 1 is 1.29 bits per heavy atom. The van der Waals surface area contributed by atoms with E-state index in [4.69, 9.17) is 0 Å². The van der Waals surface area contributed by atoms with E-state index >= 15 is 0 Å². The lowest BCUT2D eigenvalue weighted by Crippen LogP contribution is -3.03. The number of carboxylic acids is 2. The zero-order valence-corrected chi connectivity index (χ0v) is 8.28. The molecule has 1 unspecified atom stereocenters. The number of hydrogen-bond donors (Lipinski definition) is 1. The summed E-state index contributed by atoms with van der Waals surface area (Å²) in [4.78, 5) is 21.4. The van der Waals surface area contributed by atoms with E-state index in [0.29, 0.717) is 12.8 Å². The van der Waals surface area contributed by atoms with Crippen LogP contribution in [0, 0.1) is 5.41 Å². The summed E-state index contributed by atoms with van der Waals surface area (Å²) in [6.45, 7) is 3.60. The molecular formula is C9H14NO4-. The van der Waals surface area contributed by atoms with Gasteiger partial charge in [-0.25, -0.2) is 0 Å². The highest BCUT2D eigenvalue weighted by atomic mass is 16.4. The second kappa shape index (κ2) is 3.57. The molecule has 5 heteroatoms. The van der Waals surface area contributed by atoms with Crippen LogP contribution in [0.15, 0.2) is 0 Å². The molecule has 0 amide bonds. The molecule has 0 aromatic rings. The van der Waals surface area contributed by atoms with Crippen LogP contribution in [0.3, 0.4) is 0 Å². The molecule has 0 spiro atoms. The predicted molar refractivity (Wildman–Crippen MR) is 42.5 cm³/mol. The largest absolute Gasteiger partial charge is 0.544 e. The average Bonchev–Trinajstić information content (AvgIpc) is 2.02. The van der Waals surface area contributed by atoms with Crippen LogP contribution in [-0.2, 0) is 9.59 Å². The van der Waals surface area contributed by atoms with E-state index < -0.39 is 29.4 Å². The molecular weight excluding hydrogens is 186 g/mol. The first-order valence-electron chi connectivity index (χ1n) is 4.61. The van der Waals surface area contributed by atoms with Crippen LogP contribution in [0.2, 0.25) is 0 Å². The van der Waals surface area contributed by atoms with Gasteiger partial charge in [-0.2, -0.15) is 0 Å². The lowest BCUT2D eigenvalue weighted by Gasteiger charge is -2.40. The van der Waals surface area contributed by atoms with Gasteiger partial charge in [-0.05, 0) is 6.42 Å². The standard InChI is InChI=1S/C9H15NO4/c1-9(2)4-3-5(7(11)12)10-6(9)8(13)14/h5-6,10H,3-4H2,1-2H3,(H,11,12)(H,13,14)/p-1/t5-,6?/m0/s1. The molecule has 0 radical (unpaired) electrons. The van der Waals surface area contributed by atoms with E-state index in [-0.39, 0.29) is 0 Å². The number of quaternary nitrogens is 1. The van der Waals surface area contributed by atoms with Gasteiger partial charge >= 0.3 is 0 Å². The summed E-state index contributed by atoms with van der Waals surface area (Å²) in [5.41, 5.74) is -0.426. The number of carboxylic acid groups (broad SMARTS) is 2. The molecule has 1 heterocycles. The normalized spacial score (nSPS) is 31.0. The molecule has 1 saturated heterocycles. The number of piperidine rings is 1. The van der Waals surface area contributed by atoms with Gasteiger partial charge in [0.25, 0.3) is 0 Å². The van der Waals surface area contributed by atoms with Crippen molar-refractivity contribution in [1.82, 2.24) is 0 Å². The first-order valence-corrected chi connectivity index (χ1v) is 4.61. The maximum Gasteiger partial charge on any atom is 0.132 e. The predicted octanol–water partition coefficient (Wildman–Crippen LogP) is -3.39. The molecule has 0 bridgehead atoms. The number of aliphatic carboxylic acids is 2. The smallest absolute Gasteiger partial charge is 0.132 e. The van der Waals surface area contributed by atoms with Crippen LogP contribution in [0.4, 0.5) is 0 Å². The Kier molecular flexibility index (Phi) is 2.80.